The second kappa shape index (κ2) is 3.81. The van der Waals surface area contributed by atoms with E-state index < -0.39 is 0 Å². The van der Waals surface area contributed by atoms with Gasteiger partial charge in [0.05, 0.1) is 6.07 Å². The number of nitrogens with one attached hydrogen (secondary N) is 1. The van der Waals surface area contributed by atoms with Crippen molar-refractivity contribution in [2.45, 2.75) is 13.0 Å². The fraction of sp³-hybridized carbons (Fsp3) is 0.714. The van der Waals surface area contributed by atoms with Gasteiger partial charge in [0.25, 0.3) is 0 Å². The van der Waals surface area contributed by atoms with Crippen LogP contribution in [0, 0.1) is 16.7 Å². The summed E-state index contributed by atoms with van der Waals surface area (Å²) in [4.78, 5) is 3.27. The fourth-order valence-electron chi connectivity index (χ4n) is 0.585. The van der Waals surface area contributed by atoms with Gasteiger partial charge in [0.15, 0.2) is 5.96 Å². The summed E-state index contributed by atoms with van der Waals surface area (Å²) < 4.78 is 0. The van der Waals surface area contributed by atoms with Crippen molar-refractivity contribution in [3.8, 4) is 6.07 Å². The molecule has 1 N–H and O–H groups in total. The van der Waals surface area contributed by atoms with Crippen molar-refractivity contribution >= 4 is 5.96 Å². The molecule has 0 fully saturated rings. The maximum atomic E-state index is 8.53. The molecular formula is C7H14N4. The van der Waals surface area contributed by atoms with Crippen molar-refractivity contribution in [3.05, 3.63) is 0 Å². The smallest absolute Gasteiger partial charge is 0.194 e. The lowest BCUT2D eigenvalue weighted by Gasteiger charge is -2.26. The monoisotopic (exact) mass is 154 g/mol. The van der Waals surface area contributed by atoms with E-state index in [-0.39, 0.29) is 6.04 Å². The van der Waals surface area contributed by atoms with E-state index in [2.05, 4.69) is 6.07 Å². The third-order valence-electron chi connectivity index (χ3n) is 1.53. The van der Waals surface area contributed by atoms with E-state index in [0.29, 0.717) is 5.96 Å². The molecule has 0 aromatic heterocycles. The van der Waals surface area contributed by atoms with E-state index in [9.17, 15) is 0 Å². The number of nitrogens with zero attached hydrogens (tertiary/aromatic N) is 3. The SMILES string of the molecule is CC(C#N)N(C)C(=N)N(C)C. The van der Waals surface area contributed by atoms with E-state index in [1.54, 1.807) is 37.9 Å². The van der Waals surface area contributed by atoms with Crippen LogP contribution in [0.2, 0.25) is 0 Å². The second-order valence-electron chi connectivity index (χ2n) is 2.63. The Bertz CT molecular complexity index is 179. The highest BCUT2D eigenvalue weighted by molar-refractivity contribution is 5.76. The molecule has 0 radical (unpaired) electrons. The maximum absolute atomic E-state index is 8.53. The van der Waals surface area contributed by atoms with Crippen molar-refractivity contribution in [1.82, 2.24) is 9.80 Å². The molecule has 0 saturated heterocycles. The summed E-state index contributed by atoms with van der Waals surface area (Å²) in [5, 5.41) is 16.0. The Labute approximate surface area is 67.5 Å². The average Bonchev–Trinajstić information content (AvgIpc) is 2.00. The lowest BCUT2D eigenvalue weighted by atomic mass is 10.3. The molecular weight excluding hydrogens is 140 g/mol. The Balaban J connectivity index is 4.16. The molecule has 0 aliphatic carbocycles. The molecule has 0 rings (SSSR count). The zero-order chi connectivity index (χ0) is 9.02. The summed E-state index contributed by atoms with van der Waals surface area (Å²) in [6.45, 7) is 1.76. The first kappa shape index (κ1) is 9.76. The first-order chi connectivity index (χ1) is 5.00. The Hall–Kier alpha value is -1.24. The molecule has 0 heterocycles. The van der Waals surface area contributed by atoms with Gasteiger partial charge >= 0.3 is 0 Å². The largest absolute Gasteiger partial charge is 0.349 e. The summed E-state index contributed by atoms with van der Waals surface area (Å²) >= 11 is 0. The third-order valence-corrected chi connectivity index (χ3v) is 1.53. The van der Waals surface area contributed by atoms with E-state index in [1.165, 1.54) is 0 Å². The topological polar surface area (TPSA) is 54.1 Å². The third kappa shape index (κ3) is 2.46. The molecule has 0 aliphatic rings. The Morgan fingerprint density at radius 2 is 1.91 bits per heavy atom. The van der Waals surface area contributed by atoms with Crippen molar-refractivity contribution in [3.63, 3.8) is 0 Å². The minimum atomic E-state index is -0.245. The van der Waals surface area contributed by atoms with Crippen LogP contribution < -0.4 is 0 Å². The molecule has 4 heteroatoms. The van der Waals surface area contributed by atoms with Gasteiger partial charge in [-0.2, -0.15) is 5.26 Å². The summed E-state index contributed by atoms with van der Waals surface area (Å²) in [6.07, 6.45) is 0. The number of hydrogen-bond donors (Lipinski definition) is 1. The molecule has 62 valence electrons. The van der Waals surface area contributed by atoms with Crippen molar-refractivity contribution < 1.29 is 0 Å². The van der Waals surface area contributed by atoms with Crippen molar-refractivity contribution in [2.75, 3.05) is 21.1 Å². The van der Waals surface area contributed by atoms with Crippen LogP contribution in [0.5, 0.6) is 0 Å². The predicted octanol–water partition coefficient (Wildman–Crippen LogP) is 0.327. The van der Waals surface area contributed by atoms with Gasteiger partial charge in [0.1, 0.15) is 6.04 Å². The van der Waals surface area contributed by atoms with Crippen LogP contribution >= 0.6 is 0 Å². The van der Waals surface area contributed by atoms with Crippen LogP contribution in [0.1, 0.15) is 6.92 Å². The molecule has 0 aromatic carbocycles. The van der Waals surface area contributed by atoms with Crippen molar-refractivity contribution in [1.29, 1.82) is 10.7 Å². The molecule has 1 unspecified atom stereocenters. The molecule has 11 heavy (non-hydrogen) atoms. The fourth-order valence-corrected chi connectivity index (χ4v) is 0.585. The van der Waals surface area contributed by atoms with Gasteiger partial charge in [-0.25, -0.2) is 0 Å². The highest BCUT2D eigenvalue weighted by Gasteiger charge is 2.12. The normalized spacial score (nSPS) is 11.5. The van der Waals surface area contributed by atoms with Crippen LogP contribution in [0.3, 0.4) is 0 Å². The zero-order valence-corrected chi connectivity index (χ0v) is 7.42. The van der Waals surface area contributed by atoms with Crippen LogP contribution in [-0.2, 0) is 0 Å². The van der Waals surface area contributed by atoms with E-state index in [4.69, 9.17) is 10.7 Å². The molecule has 0 spiro atoms. The van der Waals surface area contributed by atoms with Gasteiger partial charge in [-0.3, -0.25) is 5.41 Å². The number of nitriles is 1. The molecule has 4 nitrogen and oxygen atoms in total. The van der Waals surface area contributed by atoms with Crippen LogP contribution in [-0.4, -0.2) is 42.9 Å². The maximum Gasteiger partial charge on any atom is 0.194 e. The first-order valence-corrected chi connectivity index (χ1v) is 3.39. The van der Waals surface area contributed by atoms with E-state index >= 15 is 0 Å². The summed E-state index contributed by atoms with van der Waals surface area (Å²) in [7, 11) is 5.29. The van der Waals surface area contributed by atoms with Crippen molar-refractivity contribution in [2.24, 2.45) is 0 Å². The minimum absolute atomic E-state index is 0.245. The van der Waals surface area contributed by atoms with Crippen LogP contribution in [0.25, 0.3) is 0 Å². The average molecular weight is 154 g/mol. The van der Waals surface area contributed by atoms with Gasteiger partial charge < -0.3 is 9.80 Å². The van der Waals surface area contributed by atoms with Gasteiger partial charge in [-0.1, -0.05) is 0 Å². The molecule has 0 saturated carbocycles. The zero-order valence-electron chi connectivity index (χ0n) is 7.42. The number of guanidine groups is 1. The standard InChI is InChI=1S/C7H14N4/c1-6(5-8)11(4)7(9)10(2)3/h6,9H,1-4H3. The van der Waals surface area contributed by atoms with Crippen LogP contribution in [0.4, 0.5) is 0 Å². The van der Waals surface area contributed by atoms with Gasteiger partial charge in [0.2, 0.25) is 0 Å². The minimum Gasteiger partial charge on any atom is -0.349 e. The quantitative estimate of drug-likeness (QED) is 0.437. The lowest BCUT2D eigenvalue weighted by Crippen LogP contribution is -2.41. The number of rotatable bonds is 1. The van der Waals surface area contributed by atoms with E-state index in [1.807, 2.05) is 0 Å². The molecule has 0 aliphatic heterocycles. The van der Waals surface area contributed by atoms with Crippen LogP contribution in [0.15, 0.2) is 0 Å². The Kier molecular flexibility index (Phi) is 3.38. The highest BCUT2D eigenvalue weighted by atomic mass is 15.3. The molecule has 0 bridgehead atoms. The Morgan fingerprint density at radius 1 is 1.45 bits per heavy atom. The van der Waals surface area contributed by atoms with E-state index in [0.717, 1.165) is 0 Å². The Morgan fingerprint density at radius 3 is 2.18 bits per heavy atom. The molecule has 1 atom stereocenters. The number of hydrogen-bond acceptors (Lipinski definition) is 2. The second-order valence-corrected chi connectivity index (χ2v) is 2.63. The van der Waals surface area contributed by atoms with Gasteiger partial charge in [0, 0.05) is 21.1 Å². The molecule has 0 amide bonds. The first-order valence-electron chi connectivity index (χ1n) is 3.39. The lowest BCUT2D eigenvalue weighted by molar-refractivity contribution is 0.391. The highest BCUT2D eigenvalue weighted by Crippen LogP contribution is 1.95. The summed E-state index contributed by atoms with van der Waals surface area (Å²) in [5.41, 5.74) is 0. The van der Waals surface area contributed by atoms with Gasteiger partial charge in [-0.15, -0.1) is 0 Å². The molecule has 0 aromatic rings. The summed E-state index contributed by atoms with van der Waals surface area (Å²) in [6, 6.07) is 1.81. The summed E-state index contributed by atoms with van der Waals surface area (Å²) in [5.74, 6) is 0.346. The predicted molar refractivity (Wildman–Crippen MR) is 44.3 cm³/mol. The van der Waals surface area contributed by atoms with Gasteiger partial charge in [-0.05, 0) is 6.92 Å².